The van der Waals surface area contributed by atoms with Crippen LogP contribution in [0.1, 0.15) is 46.6 Å². The van der Waals surface area contributed by atoms with Gasteiger partial charge in [-0.25, -0.2) is 17.6 Å². The Morgan fingerprint density at radius 1 is 1.16 bits per heavy atom. The molecular weight excluding hydrogens is 595 g/mol. The van der Waals surface area contributed by atoms with Gasteiger partial charge >= 0.3 is 5.97 Å². The number of nitrogens with one attached hydrogen (secondary N) is 1. The van der Waals surface area contributed by atoms with Crippen molar-refractivity contribution in [2.45, 2.75) is 74.1 Å². The fourth-order valence-electron chi connectivity index (χ4n) is 6.20. The van der Waals surface area contributed by atoms with Gasteiger partial charge in [-0.1, -0.05) is 0 Å². The molecule has 228 valence electrons. The van der Waals surface area contributed by atoms with E-state index in [4.69, 9.17) is 9.47 Å². The van der Waals surface area contributed by atoms with Gasteiger partial charge in [0.2, 0.25) is 5.91 Å². The molecule has 3 unspecified atom stereocenters. The van der Waals surface area contributed by atoms with Crippen LogP contribution >= 0.6 is 11.8 Å². The number of aromatic nitrogens is 1. The Bertz CT molecular complexity index is 1790. The van der Waals surface area contributed by atoms with Crippen molar-refractivity contribution >= 4 is 50.2 Å². The molecule has 3 aliphatic rings. The van der Waals surface area contributed by atoms with Crippen LogP contribution in [-0.4, -0.2) is 70.1 Å². The van der Waals surface area contributed by atoms with Gasteiger partial charge < -0.3 is 19.4 Å². The minimum atomic E-state index is -3.69. The van der Waals surface area contributed by atoms with E-state index in [1.54, 1.807) is 39.0 Å². The number of halogens is 1. The van der Waals surface area contributed by atoms with E-state index in [0.717, 1.165) is 5.56 Å². The van der Waals surface area contributed by atoms with E-state index in [1.807, 2.05) is 13.8 Å². The first kappa shape index (κ1) is 29.7. The molecule has 1 amide bonds. The number of ketones is 1. The highest BCUT2D eigenvalue weighted by molar-refractivity contribution is 8.01. The van der Waals surface area contributed by atoms with Gasteiger partial charge in [-0.2, -0.15) is 0 Å². The zero-order valence-electron chi connectivity index (χ0n) is 24.5. The largest absolute Gasteiger partial charge is 0.486 e. The highest BCUT2D eigenvalue weighted by Crippen LogP contribution is 2.54. The average molecular weight is 629 g/mol. The average Bonchev–Trinajstić information content (AvgIpc) is 3.36. The number of aromatic amines is 1. The number of hydrogen-bond acceptors (Lipinski definition) is 8. The quantitative estimate of drug-likeness (QED) is 0.309. The molecule has 3 aromatic rings. The van der Waals surface area contributed by atoms with Gasteiger partial charge in [-0.05, 0) is 83.0 Å². The fraction of sp³-hybridized carbons (Fsp3) is 0.452. The third-order valence-electron chi connectivity index (χ3n) is 8.08. The van der Waals surface area contributed by atoms with E-state index < -0.39 is 43.9 Å². The Balaban J connectivity index is 1.15. The number of benzene rings is 2. The van der Waals surface area contributed by atoms with Gasteiger partial charge in [-0.3, -0.25) is 9.59 Å². The second-order valence-corrected chi connectivity index (χ2v) is 16.7. The number of fused-ring (bicyclic) bond motifs is 6. The molecule has 0 saturated carbocycles. The first-order valence-electron chi connectivity index (χ1n) is 14.1. The van der Waals surface area contributed by atoms with Gasteiger partial charge in [0.05, 0.1) is 27.6 Å². The van der Waals surface area contributed by atoms with Crippen LogP contribution in [0.3, 0.4) is 0 Å². The molecule has 2 fully saturated rings. The highest BCUT2D eigenvalue weighted by atomic mass is 32.2. The van der Waals surface area contributed by atoms with Gasteiger partial charge in [-0.15, -0.1) is 11.8 Å². The molecular formula is C31H33FN2O7S2. The van der Waals surface area contributed by atoms with Crippen molar-refractivity contribution in [3.8, 4) is 17.0 Å². The predicted octanol–water partition coefficient (Wildman–Crippen LogP) is 4.66. The Morgan fingerprint density at radius 3 is 2.63 bits per heavy atom. The monoisotopic (exact) mass is 628 g/mol. The van der Waals surface area contributed by atoms with Crippen molar-refractivity contribution in [3.05, 3.63) is 47.8 Å². The van der Waals surface area contributed by atoms with E-state index in [0.29, 0.717) is 22.2 Å². The SMILES string of the molecule is CC(C)(C)OC(=O)C1N2C(=O)C(CC(=O)COc3ccc4c(c3)S(=O)(=O)CCc3c-4[nH]c4ccc(F)cc34)C2SC1(C)C. The van der Waals surface area contributed by atoms with Crippen molar-refractivity contribution in [2.24, 2.45) is 5.92 Å². The van der Waals surface area contributed by atoms with Crippen LogP contribution in [0.4, 0.5) is 4.39 Å². The number of aryl methyl sites for hydroxylation is 1. The van der Waals surface area contributed by atoms with Crippen LogP contribution in [0.15, 0.2) is 41.3 Å². The van der Waals surface area contributed by atoms with Gasteiger partial charge in [0, 0.05) is 27.6 Å². The summed E-state index contributed by atoms with van der Waals surface area (Å²) in [5, 5.41) is 0.329. The summed E-state index contributed by atoms with van der Waals surface area (Å²) in [6, 6.07) is 8.28. The maximum Gasteiger partial charge on any atom is 0.330 e. The van der Waals surface area contributed by atoms with E-state index >= 15 is 0 Å². The Hall–Kier alpha value is -3.38. The summed E-state index contributed by atoms with van der Waals surface area (Å²) >= 11 is 1.48. The molecule has 0 spiro atoms. The third kappa shape index (κ3) is 5.22. The van der Waals surface area contributed by atoms with Crippen LogP contribution < -0.4 is 4.74 Å². The smallest absolute Gasteiger partial charge is 0.330 e. The van der Waals surface area contributed by atoms with Gasteiger partial charge in [0.25, 0.3) is 0 Å². The van der Waals surface area contributed by atoms with Gasteiger partial charge in [0.15, 0.2) is 15.6 Å². The molecule has 2 saturated heterocycles. The number of sulfone groups is 1. The number of rotatable bonds is 6. The molecule has 3 atom stereocenters. The summed E-state index contributed by atoms with van der Waals surface area (Å²) in [5.41, 5.74) is 1.84. The highest BCUT2D eigenvalue weighted by Gasteiger charge is 2.64. The molecule has 1 aromatic heterocycles. The van der Waals surface area contributed by atoms with Crippen molar-refractivity contribution in [1.29, 1.82) is 0 Å². The molecule has 9 nitrogen and oxygen atoms in total. The number of carbonyl (C=O) groups is 3. The maximum absolute atomic E-state index is 13.9. The lowest BCUT2D eigenvalue weighted by atomic mass is 9.88. The second-order valence-electron chi connectivity index (χ2n) is 12.8. The predicted molar refractivity (Wildman–Crippen MR) is 160 cm³/mol. The summed E-state index contributed by atoms with van der Waals surface area (Å²) in [5.74, 6) is -1.95. The third-order valence-corrected chi connectivity index (χ3v) is 11.5. The minimum absolute atomic E-state index is 0.0532. The maximum atomic E-state index is 13.9. The van der Waals surface area contributed by atoms with E-state index in [2.05, 4.69) is 4.98 Å². The number of amides is 1. The zero-order chi connectivity index (χ0) is 31.1. The summed E-state index contributed by atoms with van der Waals surface area (Å²) in [6.07, 6.45) is 0.171. The summed E-state index contributed by atoms with van der Waals surface area (Å²) in [7, 11) is -3.69. The Kier molecular flexibility index (Phi) is 6.96. The lowest BCUT2D eigenvalue weighted by molar-refractivity contribution is -0.173. The van der Waals surface area contributed by atoms with E-state index in [1.165, 1.54) is 34.9 Å². The van der Waals surface area contributed by atoms with E-state index in [-0.39, 0.29) is 52.9 Å². The molecule has 2 aromatic carbocycles. The molecule has 4 heterocycles. The van der Waals surface area contributed by atoms with E-state index in [9.17, 15) is 27.2 Å². The first-order chi connectivity index (χ1) is 20.1. The number of esters is 1. The zero-order valence-corrected chi connectivity index (χ0v) is 26.2. The van der Waals surface area contributed by atoms with Crippen molar-refractivity contribution in [3.63, 3.8) is 0 Å². The Morgan fingerprint density at radius 2 is 1.91 bits per heavy atom. The van der Waals surface area contributed by atoms with Crippen molar-refractivity contribution in [2.75, 3.05) is 12.4 Å². The minimum Gasteiger partial charge on any atom is -0.486 e. The summed E-state index contributed by atoms with van der Waals surface area (Å²) in [6.45, 7) is 8.77. The van der Waals surface area contributed by atoms with Gasteiger partial charge in [0.1, 0.15) is 29.8 Å². The molecule has 1 N–H and O–H groups in total. The lowest BCUT2D eigenvalue weighted by Crippen LogP contribution is -2.63. The number of hydrogen-bond donors (Lipinski definition) is 1. The number of nitrogens with zero attached hydrogens (tertiary/aromatic N) is 1. The molecule has 43 heavy (non-hydrogen) atoms. The molecule has 0 aliphatic carbocycles. The van der Waals surface area contributed by atoms with Crippen LogP contribution in [0.25, 0.3) is 22.2 Å². The fourth-order valence-corrected chi connectivity index (χ4v) is 9.37. The topological polar surface area (TPSA) is 123 Å². The molecule has 3 aliphatic heterocycles. The van der Waals surface area contributed by atoms with Crippen molar-refractivity contribution < 1.29 is 36.7 Å². The summed E-state index contributed by atoms with van der Waals surface area (Å²) < 4.78 is 51.1. The first-order valence-corrected chi connectivity index (χ1v) is 16.6. The number of β-lactam (4-membered cyclic amide) rings is 1. The van der Waals surface area contributed by atoms with Crippen LogP contribution in [0, 0.1) is 11.7 Å². The normalized spacial score (nSPS) is 23.5. The number of carbonyl (C=O) groups excluding carboxylic acids is 3. The van der Waals surface area contributed by atoms with Crippen LogP contribution in [0.2, 0.25) is 0 Å². The van der Waals surface area contributed by atoms with Crippen molar-refractivity contribution in [1.82, 2.24) is 9.88 Å². The molecule has 12 heteroatoms. The van der Waals surface area contributed by atoms with Crippen LogP contribution in [0.5, 0.6) is 5.75 Å². The second kappa shape index (κ2) is 10.1. The number of H-pyrrole nitrogens is 1. The molecule has 6 rings (SSSR count). The summed E-state index contributed by atoms with van der Waals surface area (Å²) in [4.78, 5) is 43.8. The molecule has 0 radical (unpaired) electrons. The lowest BCUT2D eigenvalue weighted by Gasteiger charge is -2.44. The number of thioether (sulfide) groups is 1. The number of ether oxygens (including phenoxy) is 2. The Labute approximate surface area is 253 Å². The standard InChI is InChI=1S/C31H33FN2O7S2/c1-30(2,3)41-29(37)26-31(4,5)42-28-22(27(36)34(26)28)13-17(35)15-40-18-7-8-20-24(14-18)43(38,39)11-10-19-21-12-16(32)6-9-23(21)33-25(19)20/h6-9,12,14,22,26,28,33H,10-11,13,15H2,1-5H3. The molecule has 0 bridgehead atoms. The number of Topliss-reactive ketones (excluding diaryl/α,β-unsaturated/α-hetero) is 1. The van der Waals surface area contributed by atoms with Crippen LogP contribution in [-0.2, 0) is 35.4 Å².